The summed E-state index contributed by atoms with van der Waals surface area (Å²) in [5.74, 6) is -13.0. The van der Waals surface area contributed by atoms with E-state index in [0.717, 1.165) is 4.90 Å². The van der Waals surface area contributed by atoms with Crippen molar-refractivity contribution >= 4 is 24.3 Å². The largest absolute Gasteiger partial charge is 0.497 e. The van der Waals surface area contributed by atoms with E-state index in [1.165, 1.54) is 0 Å². The molecule has 2 aliphatic rings. The molecule has 1 N–H and O–H groups in total. The number of carbonyl (C=O) groups is 2. The van der Waals surface area contributed by atoms with E-state index < -0.39 is 134 Å². The van der Waals surface area contributed by atoms with Crippen LogP contribution >= 0.6 is 12.4 Å². The lowest BCUT2D eigenvalue weighted by molar-refractivity contribution is -0.144. The van der Waals surface area contributed by atoms with Crippen LogP contribution in [0.1, 0.15) is 87.2 Å². The number of carboxylic acids is 1. The predicted molar refractivity (Wildman–Crippen MR) is 147 cm³/mol. The zero-order valence-corrected chi connectivity index (χ0v) is 21.2. The van der Waals surface area contributed by atoms with Gasteiger partial charge in [-0.3, -0.25) is 14.5 Å². The normalized spacial score (nSPS) is 34.6. The summed E-state index contributed by atoms with van der Waals surface area (Å²) in [6.07, 6.45) is 0.952. The lowest BCUT2D eigenvalue weighted by Crippen LogP contribution is -2.42. The van der Waals surface area contributed by atoms with Gasteiger partial charge in [0.1, 0.15) is 8.49 Å². The molecule has 0 aliphatic carbocycles. The van der Waals surface area contributed by atoms with Crippen molar-refractivity contribution in [1.29, 1.82) is 0 Å². The summed E-state index contributed by atoms with van der Waals surface area (Å²) in [5.41, 5.74) is -2.52. The molecule has 0 saturated carbocycles. The quantitative estimate of drug-likeness (QED) is 0.358. The van der Waals surface area contributed by atoms with E-state index in [0.29, 0.717) is 6.42 Å². The van der Waals surface area contributed by atoms with Gasteiger partial charge in [-0.25, -0.2) is 0 Å². The van der Waals surface area contributed by atoms with E-state index in [1.807, 2.05) is 0 Å². The molecule has 2 aromatic carbocycles. The number of carboxylic acid groups (broad SMARTS) is 1. The molecule has 2 heterocycles. The minimum atomic E-state index is -3.76. The molecule has 4 rings (SSSR count). The number of amides is 1. The molecule has 0 bridgehead atoms. The highest BCUT2D eigenvalue weighted by molar-refractivity contribution is 5.85. The molecule has 2 unspecified atom stereocenters. The smallest absolute Gasteiger partial charge is 0.309 e. The molecular weight excluding hydrogens is 508 g/mol. The maximum Gasteiger partial charge on any atom is 0.309 e. The fraction of sp³-hybridized carbons (Fsp3) is 0.517. The first kappa shape index (κ1) is 13.4. The van der Waals surface area contributed by atoms with E-state index in [2.05, 4.69) is 4.74 Å². The van der Waals surface area contributed by atoms with Gasteiger partial charge in [-0.15, -0.1) is 12.4 Å². The van der Waals surface area contributed by atoms with Gasteiger partial charge in [0, 0.05) is 38.3 Å². The summed E-state index contributed by atoms with van der Waals surface area (Å²) in [6.45, 7) is -7.95. The van der Waals surface area contributed by atoms with Crippen molar-refractivity contribution in [3.63, 3.8) is 0 Å². The van der Waals surface area contributed by atoms with Crippen molar-refractivity contribution in [2.24, 2.45) is 5.92 Å². The minimum absolute atomic E-state index is 0. The standard InChI is InChI=1S/C29H38N2O6.ClH/c1-4-6-14-30(15-7-5-2)26(32)18-31-17-23(21-10-13-24-25(16-21)37-19-36-24)27(29(33)34)28(31)20-8-11-22(35-3)12-9-20;/h8-13,16,23,27-28H,4-7,14-15,17-19H2,1-3H3,(H,33,34);1H/t23-,27?,28+;/m1./s1/i1D,3D3,8D,9D,10D,11D,12D,13D,15D,16D,17D2,19D2,23D,28D;/t15?,23-,27?,28+;. The van der Waals surface area contributed by atoms with Crippen molar-refractivity contribution in [1.82, 2.24) is 9.80 Å². The van der Waals surface area contributed by atoms with Crippen LogP contribution in [-0.2, 0) is 9.59 Å². The molecule has 38 heavy (non-hydrogen) atoms. The van der Waals surface area contributed by atoms with Gasteiger partial charge < -0.3 is 24.2 Å². The third-order valence-corrected chi connectivity index (χ3v) is 5.52. The van der Waals surface area contributed by atoms with Gasteiger partial charge in [0.25, 0.3) is 0 Å². The first-order chi connectivity index (χ1) is 25.2. The van der Waals surface area contributed by atoms with Crippen LogP contribution in [0.5, 0.6) is 17.2 Å². The Labute approximate surface area is 256 Å². The molecule has 1 saturated heterocycles. The molecular formula is C29H39ClN2O6. The molecule has 8 nitrogen and oxygen atoms in total. The van der Waals surface area contributed by atoms with E-state index >= 15 is 0 Å². The number of halogens is 1. The van der Waals surface area contributed by atoms with Crippen LogP contribution in [0, 0.1) is 5.92 Å². The van der Waals surface area contributed by atoms with E-state index in [4.69, 9.17) is 28.7 Å². The Bertz CT molecular complexity index is 1840. The number of fused-ring (bicyclic) bond motifs is 1. The highest BCUT2D eigenvalue weighted by Crippen LogP contribution is 2.47. The number of carbonyl (C=O) groups excluding carboxylic acids is 1. The number of unbranched alkanes of at least 4 members (excludes halogenated alkanes) is 1. The van der Waals surface area contributed by atoms with Crippen molar-refractivity contribution in [2.75, 3.05) is 39.9 Å². The number of nitrogens with zero attached hydrogens (tertiary/aromatic N) is 2. The van der Waals surface area contributed by atoms with Gasteiger partial charge in [0.05, 0.1) is 34.6 Å². The van der Waals surface area contributed by atoms with E-state index in [1.54, 1.807) is 6.92 Å². The zero-order valence-electron chi connectivity index (χ0n) is 38.4. The first-order valence-corrected chi connectivity index (χ1v) is 11.5. The number of hydrogen-bond acceptors (Lipinski definition) is 6. The maximum atomic E-state index is 14.2. The van der Waals surface area contributed by atoms with Crippen LogP contribution in [0.2, 0.25) is 0 Å². The number of methoxy groups -OCH3 is 1. The summed E-state index contributed by atoms with van der Waals surface area (Å²) in [7, 11) is -3.33. The summed E-state index contributed by atoms with van der Waals surface area (Å²) < 4.78 is 168. The fourth-order valence-electron chi connectivity index (χ4n) is 3.76. The zero-order chi connectivity index (χ0) is 42.0. The number of ether oxygens (including phenoxy) is 3. The molecule has 1 fully saturated rings. The molecule has 2 aromatic rings. The van der Waals surface area contributed by atoms with Crippen molar-refractivity contribution in [2.45, 2.75) is 51.4 Å². The Balaban J connectivity index is 0.00000841. The number of hydrogen-bond donors (Lipinski definition) is 1. The van der Waals surface area contributed by atoms with E-state index in [-0.39, 0.29) is 50.0 Å². The van der Waals surface area contributed by atoms with Gasteiger partial charge in [0.2, 0.25) is 12.7 Å². The molecule has 9 heteroatoms. The van der Waals surface area contributed by atoms with Crippen LogP contribution in [0.25, 0.3) is 0 Å². The van der Waals surface area contributed by atoms with Crippen molar-refractivity contribution in [3.05, 3.63) is 53.4 Å². The molecule has 0 spiro atoms. The van der Waals surface area contributed by atoms with Crippen molar-refractivity contribution in [3.8, 4) is 17.2 Å². The molecule has 2 aliphatic heterocycles. The highest BCUT2D eigenvalue weighted by Gasteiger charge is 2.48. The second kappa shape index (κ2) is 13.7. The van der Waals surface area contributed by atoms with Crippen LogP contribution in [0.4, 0.5) is 0 Å². The summed E-state index contributed by atoms with van der Waals surface area (Å²) in [6, 6.07) is -12.3. The van der Waals surface area contributed by atoms with Gasteiger partial charge in [-0.1, -0.05) is 44.8 Å². The Kier molecular flexibility index (Phi) is 4.83. The lowest BCUT2D eigenvalue weighted by Gasteiger charge is -2.30. The monoisotopic (exact) mass is 564 g/mol. The fourth-order valence-corrected chi connectivity index (χ4v) is 3.76. The van der Waals surface area contributed by atoms with Crippen LogP contribution < -0.4 is 14.2 Å². The SMILES string of the molecule is Cl.[2H]CCCCN(C(=O)CN1C([2H])([2H])[C@]([2H])(c2c([2H])c([2H])c3c(c2[2H])OC([2H])([2H])O3)C(C(=O)O)[C@]1([2H])c1c([2H])c([2H])c(OC([2H])([2H])[2H])c([2H])c1[2H])C([2H])CCC. The van der Waals surface area contributed by atoms with Crippen molar-refractivity contribution < 1.29 is 53.6 Å². The number of likely N-dealkylation sites (tertiary alicyclic amines) is 1. The highest BCUT2D eigenvalue weighted by atomic mass is 35.5. The molecule has 208 valence electrons. The summed E-state index contributed by atoms with van der Waals surface area (Å²) in [5, 5.41) is 10.9. The Morgan fingerprint density at radius 2 is 1.97 bits per heavy atom. The molecule has 4 atom stereocenters. The van der Waals surface area contributed by atoms with Crippen LogP contribution in [0.3, 0.4) is 0 Å². The average Bonchev–Trinajstić information content (AvgIpc) is 3.46. The predicted octanol–water partition coefficient (Wildman–Crippen LogP) is 5.12. The Hall–Kier alpha value is -2.97. The topological polar surface area (TPSA) is 88.5 Å². The number of aliphatic carboxylic acids is 1. The first-order valence-electron chi connectivity index (χ1n) is 20.8. The second-order valence-electron chi connectivity index (χ2n) is 8.04. The van der Waals surface area contributed by atoms with E-state index in [9.17, 15) is 20.2 Å². The second-order valence-corrected chi connectivity index (χ2v) is 8.04. The number of rotatable bonds is 12. The van der Waals surface area contributed by atoms with Gasteiger partial charge in [0.15, 0.2) is 11.5 Å². The maximum absolute atomic E-state index is 14.2. The summed E-state index contributed by atoms with van der Waals surface area (Å²) in [4.78, 5) is 28.8. The molecule has 1 amide bonds. The Morgan fingerprint density at radius 1 is 1.21 bits per heavy atom. The average molecular weight is 565 g/mol. The van der Waals surface area contributed by atoms with Gasteiger partial charge in [-0.2, -0.15) is 0 Å². The number of benzene rings is 2. The Morgan fingerprint density at radius 3 is 2.68 bits per heavy atom. The van der Waals surface area contributed by atoms with Crippen LogP contribution in [-0.4, -0.2) is 66.7 Å². The lowest BCUT2D eigenvalue weighted by atomic mass is 9.82. The summed E-state index contributed by atoms with van der Waals surface area (Å²) >= 11 is 0. The third kappa shape index (κ3) is 6.53. The minimum Gasteiger partial charge on any atom is -0.497 e. The van der Waals surface area contributed by atoms with Gasteiger partial charge >= 0.3 is 5.97 Å². The third-order valence-electron chi connectivity index (χ3n) is 5.52. The molecule has 0 radical (unpaired) electrons. The molecule has 0 aromatic heterocycles. The van der Waals surface area contributed by atoms with Crippen LogP contribution in [0.15, 0.2) is 42.3 Å². The van der Waals surface area contributed by atoms with Gasteiger partial charge in [-0.05, 0) is 48.1 Å².